The largest absolute Gasteiger partial charge is 0.335 e. The summed E-state index contributed by atoms with van der Waals surface area (Å²) in [4.78, 5) is 17.1. The number of carbonyl (C=O) groups excluding carboxylic acids is 1. The number of hydrogen-bond acceptors (Lipinski definition) is 6. The fourth-order valence-corrected chi connectivity index (χ4v) is 4.83. The van der Waals surface area contributed by atoms with Crippen LogP contribution in [0, 0.1) is 0 Å². The van der Waals surface area contributed by atoms with Gasteiger partial charge in [0.15, 0.2) is 11.5 Å². The third-order valence-corrected chi connectivity index (χ3v) is 7.21. The van der Waals surface area contributed by atoms with Crippen LogP contribution in [-0.2, 0) is 16.6 Å². The van der Waals surface area contributed by atoms with Crippen LogP contribution < -0.4 is 0 Å². The predicted octanol–water partition coefficient (Wildman–Crippen LogP) is 1.64. The molecule has 1 amide bonds. The van der Waals surface area contributed by atoms with Gasteiger partial charge in [-0.15, -0.1) is 10.2 Å². The van der Waals surface area contributed by atoms with E-state index >= 15 is 0 Å². The Balaban J connectivity index is 1.64. The van der Waals surface area contributed by atoms with Crippen LogP contribution in [0.4, 0.5) is 0 Å². The van der Waals surface area contributed by atoms with Crippen molar-refractivity contribution in [2.24, 2.45) is 0 Å². The summed E-state index contributed by atoms with van der Waals surface area (Å²) in [7, 11) is -1.36. The molecule has 0 aliphatic carbocycles. The molecule has 1 aliphatic rings. The topological polar surface area (TPSA) is 91.1 Å². The van der Waals surface area contributed by atoms with E-state index in [1.54, 1.807) is 27.6 Å². The normalized spacial score (nSPS) is 18.2. The average Bonchev–Trinajstić information content (AvgIpc) is 3.20. The molecule has 0 bridgehead atoms. The lowest BCUT2D eigenvalue weighted by Crippen LogP contribution is -2.49. The van der Waals surface area contributed by atoms with E-state index in [0.717, 1.165) is 5.56 Å². The monoisotopic (exact) mass is 456 g/mol. The second-order valence-corrected chi connectivity index (χ2v) is 10.1. The van der Waals surface area contributed by atoms with Crippen LogP contribution in [0.5, 0.6) is 0 Å². The standard InChI is InChI=1S/C22H28N6O3S/c1-4-26(14-17-8-6-5-7-9-17)22(29)18-10-11-20-23-24-21(28(20)15-18)19-16-27(32(3,30)31)13-12-25(19)2/h5-11,15,19H,4,12-14,16H2,1-3H3. The Morgan fingerprint density at radius 2 is 1.88 bits per heavy atom. The maximum Gasteiger partial charge on any atom is 0.255 e. The number of benzene rings is 1. The van der Waals surface area contributed by atoms with Gasteiger partial charge in [0.25, 0.3) is 5.91 Å². The van der Waals surface area contributed by atoms with E-state index in [1.807, 2.05) is 44.3 Å². The zero-order chi connectivity index (χ0) is 22.9. The Morgan fingerprint density at radius 3 is 2.56 bits per heavy atom. The number of amides is 1. The molecular weight excluding hydrogens is 428 g/mol. The second-order valence-electron chi connectivity index (χ2n) is 8.13. The summed E-state index contributed by atoms with van der Waals surface area (Å²) in [6.07, 6.45) is 2.98. The van der Waals surface area contributed by atoms with E-state index in [9.17, 15) is 13.2 Å². The van der Waals surface area contributed by atoms with Crippen molar-refractivity contribution in [2.45, 2.75) is 19.5 Å². The molecule has 3 aromatic rings. The van der Waals surface area contributed by atoms with Gasteiger partial charge in [-0.3, -0.25) is 14.1 Å². The van der Waals surface area contributed by atoms with Crippen LogP contribution in [0.1, 0.15) is 34.7 Å². The van der Waals surface area contributed by atoms with Crippen molar-refractivity contribution in [1.29, 1.82) is 0 Å². The number of sulfonamides is 1. The fourth-order valence-electron chi connectivity index (χ4n) is 4.00. The van der Waals surface area contributed by atoms with E-state index in [1.165, 1.54) is 10.6 Å². The highest BCUT2D eigenvalue weighted by Crippen LogP contribution is 2.25. The lowest BCUT2D eigenvalue weighted by Gasteiger charge is -2.37. The van der Waals surface area contributed by atoms with E-state index in [-0.39, 0.29) is 11.9 Å². The lowest BCUT2D eigenvalue weighted by atomic mass is 10.1. The van der Waals surface area contributed by atoms with Gasteiger partial charge in [-0.1, -0.05) is 30.3 Å². The summed E-state index contributed by atoms with van der Waals surface area (Å²) < 4.78 is 27.4. The van der Waals surface area contributed by atoms with Crippen molar-refractivity contribution >= 4 is 21.6 Å². The quantitative estimate of drug-likeness (QED) is 0.560. The molecule has 2 aromatic heterocycles. The highest BCUT2D eigenvalue weighted by Gasteiger charge is 2.33. The molecule has 0 saturated carbocycles. The minimum absolute atomic E-state index is 0.0762. The maximum atomic E-state index is 13.3. The number of piperazine rings is 1. The Bertz CT molecular complexity index is 1210. The first kappa shape index (κ1) is 22.4. The minimum atomic E-state index is -3.30. The molecule has 32 heavy (non-hydrogen) atoms. The molecule has 0 radical (unpaired) electrons. The van der Waals surface area contributed by atoms with E-state index in [2.05, 4.69) is 15.1 Å². The Morgan fingerprint density at radius 1 is 1.12 bits per heavy atom. The van der Waals surface area contributed by atoms with Crippen LogP contribution >= 0.6 is 0 Å². The smallest absolute Gasteiger partial charge is 0.255 e. The van der Waals surface area contributed by atoms with Gasteiger partial charge in [0, 0.05) is 38.9 Å². The average molecular weight is 457 g/mol. The van der Waals surface area contributed by atoms with Gasteiger partial charge in [-0.25, -0.2) is 8.42 Å². The first-order valence-corrected chi connectivity index (χ1v) is 12.5. The fraction of sp³-hybridized carbons (Fsp3) is 0.409. The highest BCUT2D eigenvalue weighted by atomic mass is 32.2. The predicted molar refractivity (Wildman–Crippen MR) is 122 cm³/mol. The summed E-state index contributed by atoms with van der Waals surface area (Å²) in [6, 6.07) is 13.2. The third kappa shape index (κ3) is 4.52. The molecule has 170 valence electrons. The van der Waals surface area contributed by atoms with Crippen LogP contribution in [0.2, 0.25) is 0 Å². The van der Waals surface area contributed by atoms with E-state index < -0.39 is 10.0 Å². The Labute approximate surface area is 188 Å². The molecule has 1 atom stereocenters. The molecule has 1 unspecified atom stereocenters. The van der Waals surface area contributed by atoms with Crippen LogP contribution in [-0.4, -0.2) is 82.5 Å². The molecule has 10 heteroatoms. The maximum absolute atomic E-state index is 13.3. The summed E-state index contributed by atoms with van der Waals surface area (Å²) in [5.41, 5.74) is 2.22. The van der Waals surface area contributed by atoms with Gasteiger partial charge in [-0.2, -0.15) is 4.31 Å². The molecule has 1 fully saturated rings. The van der Waals surface area contributed by atoms with Gasteiger partial charge in [0.1, 0.15) is 0 Å². The minimum Gasteiger partial charge on any atom is -0.335 e. The Kier molecular flexibility index (Phi) is 6.27. The van der Waals surface area contributed by atoms with Gasteiger partial charge in [0.05, 0.1) is 17.9 Å². The molecule has 0 N–H and O–H groups in total. The molecule has 0 spiro atoms. The number of pyridine rings is 1. The van der Waals surface area contributed by atoms with E-state index in [4.69, 9.17) is 0 Å². The van der Waals surface area contributed by atoms with Gasteiger partial charge in [0.2, 0.25) is 10.0 Å². The first-order chi connectivity index (χ1) is 15.3. The number of likely N-dealkylation sites (N-methyl/N-ethyl adjacent to an activating group) is 1. The number of fused-ring (bicyclic) bond motifs is 1. The van der Waals surface area contributed by atoms with Crippen molar-refractivity contribution in [3.63, 3.8) is 0 Å². The zero-order valence-corrected chi connectivity index (χ0v) is 19.4. The SMILES string of the molecule is CCN(Cc1ccccc1)C(=O)c1ccc2nnc(C3CN(S(C)(=O)=O)CCN3C)n2c1. The summed E-state index contributed by atoms with van der Waals surface area (Å²) in [6.45, 7) is 4.39. The molecule has 4 rings (SSSR count). The van der Waals surface area contributed by atoms with Gasteiger partial charge in [-0.05, 0) is 31.7 Å². The van der Waals surface area contributed by atoms with Crippen LogP contribution in [0.15, 0.2) is 48.7 Å². The molecule has 3 heterocycles. The Hall–Kier alpha value is -2.82. The van der Waals surface area contributed by atoms with Crippen molar-refractivity contribution in [1.82, 2.24) is 28.7 Å². The van der Waals surface area contributed by atoms with Crippen molar-refractivity contribution < 1.29 is 13.2 Å². The number of hydrogen-bond donors (Lipinski definition) is 0. The summed E-state index contributed by atoms with van der Waals surface area (Å²) in [5, 5.41) is 8.59. The second kappa shape index (κ2) is 8.97. The molecule has 1 aliphatic heterocycles. The number of aromatic nitrogens is 3. The van der Waals surface area contributed by atoms with Crippen molar-refractivity contribution in [2.75, 3.05) is 39.5 Å². The number of carbonyl (C=O) groups is 1. The number of rotatable bonds is 6. The zero-order valence-electron chi connectivity index (χ0n) is 18.5. The molecule has 1 saturated heterocycles. The van der Waals surface area contributed by atoms with Crippen LogP contribution in [0.3, 0.4) is 0 Å². The third-order valence-electron chi connectivity index (χ3n) is 5.94. The van der Waals surface area contributed by atoms with Crippen molar-refractivity contribution in [3.8, 4) is 0 Å². The molecule has 9 nitrogen and oxygen atoms in total. The summed E-state index contributed by atoms with van der Waals surface area (Å²) >= 11 is 0. The first-order valence-electron chi connectivity index (χ1n) is 10.6. The van der Waals surface area contributed by atoms with E-state index in [0.29, 0.717) is 49.8 Å². The molecular formula is C22H28N6O3S. The number of nitrogens with zero attached hydrogens (tertiary/aromatic N) is 6. The van der Waals surface area contributed by atoms with Gasteiger partial charge >= 0.3 is 0 Å². The lowest BCUT2D eigenvalue weighted by molar-refractivity contribution is 0.0752. The summed E-state index contributed by atoms with van der Waals surface area (Å²) in [5.74, 6) is 0.546. The van der Waals surface area contributed by atoms with Crippen LogP contribution in [0.25, 0.3) is 5.65 Å². The van der Waals surface area contributed by atoms with Crippen molar-refractivity contribution in [3.05, 3.63) is 65.6 Å². The van der Waals surface area contributed by atoms with Gasteiger partial charge < -0.3 is 4.90 Å². The molecule has 1 aromatic carbocycles. The highest BCUT2D eigenvalue weighted by molar-refractivity contribution is 7.88.